The normalized spacial score (nSPS) is 18.5. The number of ether oxygens (including phenoxy) is 2. The first kappa shape index (κ1) is 21.4. The zero-order valence-corrected chi connectivity index (χ0v) is 19.1. The predicted octanol–water partition coefficient (Wildman–Crippen LogP) is 4.89. The fourth-order valence-electron chi connectivity index (χ4n) is 3.96. The molecule has 2 aromatic carbocycles. The van der Waals surface area contributed by atoms with Gasteiger partial charge in [0.15, 0.2) is 11.5 Å². The molecule has 1 amide bonds. The van der Waals surface area contributed by atoms with Gasteiger partial charge in [0.05, 0.1) is 43.4 Å². The van der Waals surface area contributed by atoms with Crippen LogP contribution >= 0.6 is 23.4 Å². The summed E-state index contributed by atoms with van der Waals surface area (Å²) in [6, 6.07) is 13.8. The van der Waals surface area contributed by atoms with E-state index in [1.54, 1.807) is 25.2 Å². The predicted molar refractivity (Wildman–Crippen MR) is 122 cm³/mol. The molecule has 2 aromatic rings. The Hall–Kier alpha value is -2.82. The first-order chi connectivity index (χ1) is 15.0. The van der Waals surface area contributed by atoms with E-state index < -0.39 is 0 Å². The number of carbonyl (C=O) groups is 1. The molecule has 0 spiro atoms. The summed E-state index contributed by atoms with van der Waals surface area (Å²) in [5.41, 5.74) is 3.32. The SMILES string of the molecule is COc1cccc([C@@H]2CC(=O)N3CN(c4ccc(C)c(Cl)c4)CSC3=C2C#N)c1OC. The largest absolute Gasteiger partial charge is 0.493 e. The van der Waals surface area contributed by atoms with Gasteiger partial charge < -0.3 is 14.4 Å². The number of thioether (sulfide) groups is 1. The van der Waals surface area contributed by atoms with Crippen LogP contribution in [0.15, 0.2) is 47.0 Å². The molecule has 6 nitrogen and oxygen atoms in total. The number of nitriles is 1. The molecule has 0 saturated carbocycles. The van der Waals surface area contributed by atoms with Crippen LogP contribution in [-0.4, -0.2) is 37.6 Å². The number of rotatable bonds is 4. The minimum absolute atomic E-state index is 0.0284. The summed E-state index contributed by atoms with van der Waals surface area (Å²) in [7, 11) is 3.14. The fourth-order valence-corrected chi connectivity index (χ4v) is 5.30. The second kappa shape index (κ2) is 8.74. The summed E-state index contributed by atoms with van der Waals surface area (Å²) in [5.74, 6) is 1.35. The summed E-state index contributed by atoms with van der Waals surface area (Å²) in [5, 5.41) is 11.4. The van der Waals surface area contributed by atoms with E-state index in [9.17, 15) is 10.1 Å². The van der Waals surface area contributed by atoms with E-state index >= 15 is 0 Å². The Morgan fingerprint density at radius 1 is 1.23 bits per heavy atom. The van der Waals surface area contributed by atoms with Gasteiger partial charge in [-0.3, -0.25) is 9.69 Å². The summed E-state index contributed by atoms with van der Waals surface area (Å²) < 4.78 is 11.0. The highest BCUT2D eigenvalue weighted by Crippen LogP contribution is 2.47. The molecule has 2 heterocycles. The highest BCUT2D eigenvalue weighted by atomic mass is 35.5. The molecule has 0 N–H and O–H groups in total. The van der Waals surface area contributed by atoms with E-state index in [-0.39, 0.29) is 18.2 Å². The molecular weight excluding hydrogens is 434 g/mol. The monoisotopic (exact) mass is 455 g/mol. The number of aryl methyl sites for hydroxylation is 1. The zero-order valence-electron chi connectivity index (χ0n) is 17.5. The van der Waals surface area contributed by atoms with Crippen LogP contribution in [0.4, 0.5) is 5.69 Å². The number of benzene rings is 2. The lowest BCUT2D eigenvalue weighted by molar-refractivity contribution is -0.129. The number of halogens is 1. The van der Waals surface area contributed by atoms with Gasteiger partial charge in [0, 0.05) is 28.6 Å². The maximum absolute atomic E-state index is 13.2. The fraction of sp³-hybridized carbons (Fsp3) is 0.304. The molecule has 4 rings (SSSR count). The van der Waals surface area contributed by atoms with Crippen molar-refractivity contribution < 1.29 is 14.3 Å². The Morgan fingerprint density at radius 2 is 2.03 bits per heavy atom. The number of allylic oxidation sites excluding steroid dienone is 1. The van der Waals surface area contributed by atoms with Gasteiger partial charge in [-0.2, -0.15) is 5.26 Å². The van der Waals surface area contributed by atoms with Gasteiger partial charge in [0.25, 0.3) is 0 Å². The number of hydrogen-bond donors (Lipinski definition) is 0. The van der Waals surface area contributed by atoms with Crippen molar-refractivity contribution in [1.29, 1.82) is 5.26 Å². The number of nitrogens with zero attached hydrogens (tertiary/aromatic N) is 3. The van der Waals surface area contributed by atoms with Crippen LogP contribution in [0.25, 0.3) is 0 Å². The third kappa shape index (κ3) is 3.82. The van der Waals surface area contributed by atoms with Crippen molar-refractivity contribution in [3.63, 3.8) is 0 Å². The lowest BCUT2D eigenvalue weighted by atomic mass is 9.85. The van der Waals surface area contributed by atoms with Gasteiger partial charge in [-0.25, -0.2) is 0 Å². The van der Waals surface area contributed by atoms with Gasteiger partial charge in [-0.15, -0.1) is 0 Å². The summed E-state index contributed by atoms with van der Waals surface area (Å²) in [4.78, 5) is 17.0. The first-order valence-electron chi connectivity index (χ1n) is 9.77. The number of carbonyl (C=O) groups excluding carboxylic acids is 1. The Balaban J connectivity index is 1.70. The third-order valence-electron chi connectivity index (χ3n) is 5.62. The van der Waals surface area contributed by atoms with Crippen LogP contribution < -0.4 is 14.4 Å². The van der Waals surface area contributed by atoms with Crippen LogP contribution in [0, 0.1) is 18.3 Å². The quantitative estimate of drug-likeness (QED) is 0.654. The van der Waals surface area contributed by atoms with E-state index in [0.29, 0.717) is 39.7 Å². The molecule has 31 heavy (non-hydrogen) atoms. The molecule has 0 unspecified atom stereocenters. The Labute approximate surface area is 191 Å². The number of amides is 1. The van der Waals surface area contributed by atoms with E-state index in [2.05, 4.69) is 11.0 Å². The topological polar surface area (TPSA) is 65.8 Å². The third-order valence-corrected chi connectivity index (χ3v) is 7.18. The zero-order chi connectivity index (χ0) is 22.1. The van der Waals surface area contributed by atoms with Crippen molar-refractivity contribution in [1.82, 2.24) is 4.90 Å². The van der Waals surface area contributed by atoms with Gasteiger partial charge in [-0.1, -0.05) is 41.6 Å². The van der Waals surface area contributed by atoms with Crippen molar-refractivity contribution in [3.05, 3.63) is 63.1 Å². The second-order valence-electron chi connectivity index (χ2n) is 7.38. The Kier molecular flexibility index (Phi) is 6.03. The van der Waals surface area contributed by atoms with Crippen molar-refractivity contribution in [2.45, 2.75) is 19.3 Å². The lowest BCUT2D eigenvalue weighted by Gasteiger charge is -2.42. The number of methoxy groups -OCH3 is 2. The van der Waals surface area contributed by atoms with E-state index in [0.717, 1.165) is 16.8 Å². The van der Waals surface area contributed by atoms with E-state index in [1.807, 2.05) is 37.3 Å². The molecule has 160 valence electrons. The summed E-state index contributed by atoms with van der Waals surface area (Å²) in [6.07, 6.45) is 0.193. The van der Waals surface area contributed by atoms with E-state index in [4.69, 9.17) is 21.1 Å². The molecule has 0 aromatic heterocycles. The highest BCUT2D eigenvalue weighted by Gasteiger charge is 2.39. The molecule has 2 aliphatic rings. The maximum Gasteiger partial charge on any atom is 0.229 e. The maximum atomic E-state index is 13.2. The molecule has 8 heteroatoms. The van der Waals surface area contributed by atoms with Crippen molar-refractivity contribution in [3.8, 4) is 17.6 Å². The number of para-hydroxylation sites is 1. The number of fused-ring (bicyclic) bond motifs is 1. The number of hydrogen-bond acceptors (Lipinski definition) is 6. The highest BCUT2D eigenvalue weighted by molar-refractivity contribution is 8.03. The van der Waals surface area contributed by atoms with Crippen molar-refractivity contribution in [2.75, 3.05) is 31.7 Å². The summed E-state index contributed by atoms with van der Waals surface area (Å²) >= 11 is 7.79. The molecule has 1 fully saturated rings. The van der Waals surface area contributed by atoms with Crippen LogP contribution in [0.2, 0.25) is 5.02 Å². The Bertz CT molecular complexity index is 1110. The molecule has 0 aliphatic carbocycles. The summed E-state index contributed by atoms with van der Waals surface area (Å²) in [6.45, 7) is 2.34. The van der Waals surface area contributed by atoms with Gasteiger partial charge in [0.1, 0.15) is 0 Å². The molecule has 0 bridgehead atoms. The average Bonchev–Trinajstić information content (AvgIpc) is 2.80. The Morgan fingerprint density at radius 3 is 2.71 bits per heavy atom. The smallest absolute Gasteiger partial charge is 0.229 e. The molecule has 1 atom stereocenters. The first-order valence-corrected chi connectivity index (χ1v) is 11.1. The number of anilines is 1. The molecule has 1 saturated heterocycles. The minimum atomic E-state index is -0.373. The van der Waals surface area contributed by atoms with E-state index in [1.165, 1.54) is 11.8 Å². The average molecular weight is 456 g/mol. The molecule has 0 radical (unpaired) electrons. The molecule has 2 aliphatic heterocycles. The van der Waals surface area contributed by atoms with Gasteiger partial charge in [0.2, 0.25) is 5.91 Å². The van der Waals surface area contributed by atoms with Crippen LogP contribution in [0.1, 0.15) is 23.5 Å². The lowest BCUT2D eigenvalue weighted by Crippen LogP contribution is -2.47. The van der Waals surface area contributed by atoms with Crippen LogP contribution in [0.3, 0.4) is 0 Å². The van der Waals surface area contributed by atoms with Crippen molar-refractivity contribution >= 4 is 35.0 Å². The van der Waals surface area contributed by atoms with Crippen molar-refractivity contribution in [2.24, 2.45) is 0 Å². The second-order valence-corrected chi connectivity index (χ2v) is 8.72. The van der Waals surface area contributed by atoms with Gasteiger partial charge in [-0.05, 0) is 30.7 Å². The molecular formula is C23H22ClN3O3S. The minimum Gasteiger partial charge on any atom is -0.493 e. The van der Waals surface area contributed by atoms with Crippen LogP contribution in [-0.2, 0) is 4.79 Å². The van der Waals surface area contributed by atoms with Gasteiger partial charge >= 0.3 is 0 Å². The van der Waals surface area contributed by atoms with Crippen LogP contribution in [0.5, 0.6) is 11.5 Å². The standard InChI is InChI=1S/C23H22ClN3O3S/c1-14-7-8-15(9-19(14)24)26-12-27-21(28)10-17(18(11-25)23(27)31-13-26)16-5-4-6-20(29-2)22(16)30-3/h4-9,17H,10,12-13H2,1-3H3/t17-/m0/s1.